The standard InChI is InChI=1S/C12H18N2OS/c1-8-4-6-14(7-5-8)12-13-9(2)11(16-12)10(3)15/h8H,4-7H2,1-3H3. The van der Waals surface area contributed by atoms with Crippen molar-refractivity contribution in [1.29, 1.82) is 0 Å². The molecule has 16 heavy (non-hydrogen) atoms. The summed E-state index contributed by atoms with van der Waals surface area (Å²) in [6, 6.07) is 0. The number of carbonyl (C=O) groups is 1. The Morgan fingerprint density at radius 2 is 2.06 bits per heavy atom. The fraction of sp³-hybridized carbons (Fsp3) is 0.667. The molecular weight excluding hydrogens is 220 g/mol. The Kier molecular flexibility index (Phi) is 3.28. The highest BCUT2D eigenvalue weighted by Crippen LogP contribution is 2.29. The van der Waals surface area contributed by atoms with Gasteiger partial charge < -0.3 is 4.90 Å². The minimum Gasteiger partial charge on any atom is -0.348 e. The van der Waals surface area contributed by atoms with E-state index < -0.39 is 0 Å². The van der Waals surface area contributed by atoms with Crippen LogP contribution in [0.4, 0.5) is 5.13 Å². The van der Waals surface area contributed by atoms with E-state index in [-0.39, 0.29) is 5.78 Å². The molecule has 1 aromatic rings. The molecule has 2 rings (SSSR count). The van der Waals surface area contributed by atoms with Crippen LogP contribution in [-0.4, -0.2) is 23.9 Å². The second-order valence-corrected chi connectivity index (χ2v) is 5.61. The van der Waals surface area contributed by atoms with Crippen molar-refractivity contribution in [3.63, 3.8) is 0 Å². The minimum atomic E-state index is 0.131. The Morgan fingerprint density at radius 1 is 1.44 bits per heavy atom. The van der Waals surface area contributed by atoms with Crippen LogP contribution in [0.5, 0.6) is 0 Å². The lowest BCUT2D eigenvalue weighted by molar-refractivity contribution is 0.102. The molecule has 0 N–H and O–H groups in total. The zero-order valence-electron chi connectivity index (χ0n) is 10.1. The Balaban J connectivity index is 2.15. The molecule has 1 aliphatic heterocycles. The molecule has 0 aromatic carbocycles. The number of aryl methyl sites for hydroxylation is 1. The van der Waals surface area contributed by atoms with Gasteiger partial charge in [-0.15, -0.1) is 0 Å². The van der Waals surface area contributed by atoms with Crippen LogP contribution >= 0.6 is 11.3 Å². The number of aromatic nitrogens is 1. The van der Waals surface area contributed by atoms with Gasteiger partial charge >= 0.3 is 0 Å². The number of hydrogen-bond acceptors (Lipinski definition) is 4. The van der Waals surface area contributed by atoms with Crippen LogP contribution < -0.4 is 4.90 Å². The fourth-order valence-electron chi connectivity index (χ4n) is 2.04. The van der Waals surface area contributed by atoms with E-state index in [0.717, 1.165) is 34.7 Å². The zero-order chi connectivity index (χ0) is 11.7. The Bertz CT molecular complexity index is 392. The van der Waals surface area contributed by atoms with Gasteiger partial charge in [0.15, 0.2) is 10.9 Å². The SMILES string of the molecule is CC(=O)c1sc(N2CCC(C)CC2)nc1C. The van der Waals surface area contributed by atoms with Crippen molar-refractivity contribution in [1.82, 2.24) is 4.98 Å². The summed E-state index contributed by atoms with van der Waals surface area (Å²) in [5.41, 5.74) is 0.881. The lowest BCUT2D eigenvalue weighted by Gasteiger charge is -2.29. The van der Waals surface area contributed by atoms with Gasteiger partial charge in [-0.25, -0.2) is 4.98 Å². The molecule has 0 spiro atoms. The van der Waals surface area contributed by atoms with Crippen molar-refractivity contribution in [2.75, 3.05) is 18.0 Å². The van der Waals surface area contributed by atoms with E-state index >= 15 is 0 Å². The predicted molar refractivity (Wildman–Crippen MR) is 67.5 cm³/mol. The van der Waals surface area contributed by atoms with Gasteiger partial charge in [-0.2, -0.15) is 0 Å². The van der Waals surface area contributed by atoms with Gasteiger partial charge in [0.25, 0.3) is 0 Å². The van der Waals surface area contributed by atoms with Crippen LogP contribution in [0.2, 0.25) is 0 Å². The van der Waals surface area contributed by atoms with Gasteiger partial charge in [-0.3, -0.25) is 4.79 Å². The number of rotatable bonds is 2. The number of piperidine rings is 1. The third kappa shape index (κ3) is 2.26. The largest absolute Gasteiger partial charge is 0.348 e. The van der Waals surface area contributed by atoms with Crippen LogP contribution in [0.3, 0.4) is 0 Å². The van der Waals surface area contributed by atoms with Crippen molar-refractivity contribution in [3.8, 4) is 0 Å². The third-order valence-corrected chi connectivity index (χ3v) is 4.48. The summed E-state index contributed by atoms with van der Waals surface area (Å²) < 4.78 is 0. The molecule has 1 saturated heterocycles. The van der Waals surface area contributed by atoms with Crippen molar-refractivity contribution in [3.05, 3.63) is 10.6 Å². The van der Waals surface area contributed by atoms with Gasteiger partial charge in [0, 0.05) is 20.0 Å². The molecule has 88 valence electrons. The number of Topliss-reactive ketones (excluding diaryl/α,β-unsaturated/α-hetero) is 1. The minimum absolute atomic E-state index is 0.131. The van der Waals surface area contributed by atoms with Crippen molar-refractivity contribution in [2.24, 2.45) is 5.92 Å². The molecule has 0 atom stereocenters. The molecular formula is C12H18N2OS. The van der Waals surface area contributed by atoms with E-state index in [4.69, 9.17) is 0 Å². The summed E-state index contributed by atoms with van der Waals surface area (Å²) in [6.07, 6.45) is 2.46. The van der Waals surface area contributed by atoms with Crippen LogP contribution in [0.1, 0.15) is 42.1 Å². The van der Waals surface area contributed by atoms with E-state index in [9.17, 15) is 4.79 Å². The van der Waals surface area contributed by atoms with E-state index in [1.165, 1.54) is 12.8 Å². The normalized spacial score (nSPS) is 17.8. The Hall–Kier alpha value is -0.900. The average Bonchev–Trinajstić information content (AvgIpc) is 2.61. The van der Waals surface area contributed by atoms with E-state index in [1.807, 2.05) is 6.92 Å². The molecule has 0 aliphatic carbocycles. The topological polar surface area (TPSA) is 33.2 Å². The van der Waals surface area contributed by atoms with Crippen molar-refractivity contribution in [2.45, 2.75) is 33.6 Å². The summed E-state index contributed by atoms with van der Waals surface area (Å²) in [5, 5.41) is 1.02. The van der Waals surface area contributed by atoms with Gasteiger partial charge in [0.05, 0.1) is 10.6 Å². The van der Waals surface area contributed by atoms with Crippen molar-refractivity contribution >= 4 is 22.3 Å². The molecule has 3 nitrogen and oxygen atoms in total. The van der Waals surface area contributed by atoms with Crippen LogP contribution in [0.15, 0.2) is 0 Å². The smallest absolute Gasteiger partial charge is 0.186 e. The van der Waals surface area contributed by atoms with Crippen LogP contribution in [0.25, 0.3) is 0 Å². The lowest BCUT2D eigenvalue weighted by Crippen LogP contribution is -2.32. The molecule has 1 aromatic heterocycles. The summed E-state index contributed by atoms with van der Waals surface area (Å²) in [7, 11) is 0. The quantitative estimate of drug-likeness (QED) is 0.743. The first-order valence-electron chi connectivity index (χ1n) is 5.81. The number of carbonyl (C=O) groups excluding carboxylic acids is 1. The summed E-state index contributed by atoms with van der Waals surface area (Å²) in [5.74, 6) is 0.955. The highest BCUT2D eigenvalue weighted by atomic mass is 32.1. The van der Waals surface area contributed by atoms with Gasteiger partial charge in [0.2, 0.25) is 0 Å². The number of nitrogens with zero attached hydrogens (tertiary/aromatic N) is 2. The molecule has 0 unspecified atom stereocenters. The number of ketones is 1. The second kappa shape index (κ2) is 4.53. The van der Waals surface area contributed by atoms with Crippen molar-refractivity contribution < 1.29 is 4.79 Å². The average molecular weight is 238 g/mol. The summed E-state index contributed by atoms with van der Waals surface area (Å²) >= 11 is 1.54. The van der Waals surface area contributed by atoms with E-state index in [1.54, 1.807) is 18.3 Å². The van der Waals surface area contributed by atoms with E-state index in [2.05, 4.69) is 16.8 Å². The van der Waals surface area contributed by atoms with Gasteiger partial charge in [-0.05, 0) is 25.7 Å². The molecule has 1 fully saturated rings. The van der Waals surface area contributed by atoms with Crippen LogP contribution in [-0.2, 0) is 0 Å². The molecule has 0 amide bonds. The zero-order valence-corrected chi connectivity index (χ0v) is 10.9. The summed E-state index contributed by atoms with van der Waals surface area (Å²) in [4.78, 5) is 19.0. The third-order valence-electron chi connectivity index (χ3n) is 3.16. The van der Waals surface area contributed by atoms with Gasteiger partial charge in [0.1, 0.15) is 0 Å². The maximum Gasteiger partial charge on any atom is 0.186 e. The molecule has 1 aliphatic rings. The lowest BCUT2D eigenvalue weighted by atomic mass is 10.00. The Morgan fingerprint density at radius 3 is 2.56 bits per heavy atom. The maximum absolute atomic E-state index is 11.4. The number of anilines is 1. The first-order chi connectivity index (χ1) is 7.58. The summed E-state index contributed by atoms with van der Waals surface area (Å²) in [6.45, 7) is 7.98. The molecule has 0 radical (unpaired) electrons. The molecule has 0 saturated carbocycles. The Labute approximate surface area is 100 Å². The number of hydrogen-bond donors (Lipinski definition) is 0. The first kappa shape index (κ1) is 11.6. The molecule has 0 bridgehead atoms. The highest BCUT2D eigenvalue weighted by Gasteiger charge is 2.20. The second-order valence-electron chi connectivity index (χ2n) is 4.64. The monoisotopic (exact) mass is 238 g/mol. The molecule has 2 heterocycles. The first-order valence-corrected chi connectivity index (χ1v) is 6.63. The number of thiazole rings is 1. The predicted octanol–water partition coefficient (Wildman–Crippen LogP) is 2.89. The highest BCUT2D eigenvalue weighted by molar-refractivity contribution is 7.17. The van der Waals surface area contributed by atoms with E-state index in [0.29, 0.717) is 0 Å². The molecule has 4 heteroatoms. The fourth-order valence-corrected chi connectivity index (χ4v) is 3.06. The van der Waals surface area contributed by atoms with Gasteiger partial charge in [-0.1, -0.05) is 18.3 Å². The maximum atomic E-state index is 11.4. The van der Waals surface area contributed by atoms with Crippen LogP contribution in [0, 0.1) is 12.8 Å².